The van der Waals surface area contributed by atoms with Gasteiger partial charge in [-0.05, 0) is 176 Å². The van der Waals surface area contributed by atoms with E-state index in [0.29, 0.717) is 17.8 Å². The van der Waals surface area contributed by atoms with E-state index < -0.39 is 0 Å². The Balaban J connectivity index is 0.000000242. The zero-order chi connectivity index (χ0) is 48.7. The second-order valence-electron chi connectivity index (χ2n) is 21.0. The van der Waals surface area contributed by atoms with E-state index in [0.717, 1.165) is 17.3 Å². The maximum atomic E-state index is 2.45. The summed E-state index contributed by atoms with van der Waals surface area (Å²) in [6.45, 7) is 9.07. The lowest BCUT2D eigenvalue weighted by atomic mass is 9.84. The van der Waals surface area contributed by atoms with Gasteiger partial charge in [0.25, 0.3) is 0 Å². The van der Waals surface area contributed by atoms with Crippen LogP contribution < -0.4 is 9.80 Å². The molecule has 0 radical (unpaired) electrons. The summed E-state index contributed by atoms with van der Waals surface area (Å²) in [5.41, 5.74) is 16.8. The van der Waals surface area contributed by atoms with Gasteiger partial charge in [0.1, 0.15) is 0 Å². The van der Waals surface area contributed by atoms with E-state index in [9.17, 15) is 0 Å². The molecule has 0 spiro atoms. The standard InChI is InChI=1S/C50H49N.C19H23N/c1-34(2)36-19-23-40(24-20-36)49-45-17-11-12-18-46(45)50(41-25-21-37(22-26-41)35(3)4)48-33-44(31-32-47(48)49)51(42-15-9-6-10-16-42)43-29-27-39(28-30-43)38-13-7-5-8-14-38;1-20(18-10-6-3-7-11-18)19-14-12-17(13-15-19)16-8-4-2-5-9-16/h6,9-12,15-35,38H,5,7-8,13-14H2,1-4H3;3,6-7,10-16H,2,4-5,8-9H2,1H3. The third-order valence-corrected chi connectivity index (χ3v) is 15.7. The zero-order valence-corrected chi connectivity index (χ0v) is 42.8. The highest BCUT2D eigenvalue weighted by molar-refractivity contribution is 6.22. The first-order valence-corrected chi connectivity index (χ1v) is 26.8. The van der Waals surface area contributed by atoms with Crippen molar-refractivity contribution in [1.29, 1.82) is 0 Å². The molecule has 0 aliphatic heterocycles. The number of rotatable bonds is 11. The van der Waals surface area contributed by atoms with Crippen molar-refractivity contribution in [2.75, 3.05) is 16.8 Å². The molecule has 0 bridgehead atoms. The molecule has 2 fully saturated rings. The van der Waals surface area contributed by atoms with E-state index in [1.54, 1.807) is 0 Å². The molecule has 0 atom stereocenters. The lowest BCUT2D eigenvalue weighted by Crippen LogP contribution is -2.10. The zero-order valence-electron chi connectivity index (χ0n) is 42.8. The smallest absolute Gasteiger partial charge is 0.0468 e. The maximum absolute atomic E-state index is 2.45. The number of benzene rings is 9. The Labute approximate surface area is 425 Å². The summed E-state index contributed by atoms with van der Waals surface area (Å²) in [6, 6.07) is 74.7. The summed E-state index contributed by atoms with van der Waals surface area (Å²) in [5.74, 6) is 2.45. The molecule has 0 aromatic heterocycles. The first kappa shape index (κ1) is 47.8. The highest BCUT2D eigenvalue weighted by Gasteiger charge is 2.22. The van der Waals surface area contributed by atoms with E-state index in [1.165, 1.54) is 147 Å². The molecule has 0 saturated heterocycles. The third kappa shape index (κ3) is 10.6. The summed E-state index contributed by atoms with van der Waals surface area (Å²) in [6.07, 6.45) is 13.7. The fraction of sp³-hybridized carbons (Fsp3) is 0.275. The number of fused-ring (bicyclic) bond motifs is 2. The fourth-order valence-corrected chi connectivity index (χ4v) is 11.6. The van der Waals surface area contributed by atoms with Crippen LogP contribution in [-0.4, -0.2) is 7.05 Å². The van der Waals surface area contributed by atoms with Crippen molar-refractivity contribution in [3.8, 4) is 22.3 Å². The Morgan fingerprint density at radius 1 is 0.338 bits per heavy atom. The average Bonchev–Trinajstić information content (AvgIpc) is 3.43. The van der Waals surface area contributed by atoms with Crippen LogP contribution in [0.3, 0.4) is 0 Å². The molecule has 9 aromatic carbocycles. The number of nitrogens with zero attached hydrogens (tertiary/aromatic N) is 2. The summed E-state index contributed by atoms with van der Waals surface area (Å²) in [5, 5.41) is 5.12. The number of hydrogen-bond acceptors (Lipinski definition) is 2. The van der Waals surface area contributed by atoms with Crippen LogP contribution in [0.25, 0.3) is 43.8 Å². The van der Waals surface area contributed by atoms with Gasteiger partial charge >= 0.3 is 0 Å². The summed E-state index contributed by atoms with van der Waals surface area (Å²) in [7, 11) is 2.13. The molecule has 2 nitrogen and oxygen atoms in total. The van der Waals surface area contributed by atoms with Crippen molar-refractivity contribution < 1.29 is 0 Å². The quantitative estimate of drug-likeness (QED) is 0.119. The second kappa shape index (κ2) is 22.0. The van der Waals surface area contributed by atoms with Crippen LogP contribution in [0, 0.1) is 0 Å². The Morgan fingerprint density at radius 2 is 0.704 bits per heavy atom. The molecular formula is C69H72N2. The molecule has 11 rings (SSSR count). The van der Waals surface area contributed by atoms with Crippen molar-refractivity contribution in [3.63, 3.8) is 0 Å². The monoisotopic (exact) mass is 929 g/mol. The van der Waals surface area contributed by atoms with Crippen molar-refractivity contribution in [3.05, 3.63) is 222 Å². The van der Waals surface area contributed by atoms with Crippen LogP contribution in [-0.2, 0) is 0 Å². The van der Waals surface area contributed by atoms with Gasteiger partial charge in [-0.15, -0.1) is 0 Å². The molecule has 2 aliphatic carbocycles. The van der Waals surface area contributed by atoms with Crippen LogP contribution in [0.2, 0.25) is 0 Å². The Hall–Kier alpha value is -6.90. The van der Waals surface area contributed by atoms with E-state index in [1.807, 2.05) is 0 Å². The molecule has 2 heteroatoms. The highest BCUT2D eigenvalue weighted by Crippen LogP contribution is 2.47. The summed E-state index contributed by atoms with van der Waals surface area (Å²) >= 11 is 0. The van der Waals surface area contributed by atoms with Gasteiger partial charge in [0.2, 0.25) is 0 Å². The Bertz CT molecular complexity index is 3120. The average molecular weight is 929 g/mol. The van der Waals surface area contributed by atoms with Crippen molar-refractivity contribution in [2.24, 2.45) is 0 Å². The van der Waals surface area contributed by atoms with Crippen molar-refractivity contribution >= 4 is 50.0 Å². The van der Waals surface area contributed by atoms with Crippen LogP contribution in [0.1, 0.15) is 138 Å². The van der Waals surface area contributed by atoms with Gasteiger partial charge in [-0.1, -0.05) is 206 Å². The Morgan fingerprint density at radius 3 is 1.17 bits per heavy atom. The van der Waals surface area contributed by atoms with Crippen LogP contribution >= 0.6 is 0 Å². The van der Waals surface area contributed by atoms with Gasteiger partial charge in [-0.25, -0.2) is 0 Å². The molecule has 9 aromatic rings. The minimum Gasteiger partial charge on any atom is -0.345 e. The lowest BCUT2D eigenvalue weighted by molar-refractivity contribution is 0.443. The number of para-hydroxylation sites is 2. The summed E-state index contributed by atoms with van der Waals surface area (Å²) in [4.78, 5) is 4.67. The molecule has 0 heterocycles. The molecular weight excluding hydrogens is 857 g/mol. The third-order valence-electron chi connectivity index (χ3n) is 15.7. The van der Waals surface area contributed by atoms with Gasteiger partial charge in [0.15, 0.2) is 0 Å². The molecule has 0 N–H and O–H groups in total. The minimum atomic E-state index is 0.485. The van der Waals surface area contributed by atoms with Crippen molar-refractivity contribution in [1.82, 2.24) is 0 Å². The topological polar surface area (TPSA) is 6.48 Å². The lowest BCUT2D eigenvalue weighted by Gasteiger charge is -2.28. The van der Waals surface area contributed by atoms with E-state index >= 15 is 0 Å². The van der Waals surface area contributed by atoms with E-state index in [4.69, 9.17) is 0 Å². The van der Waals surface area contributed by atoms with Crippen molar-refractivity contribution in [2.45, 2.75) is 116 Å². The van der Waals surface area contributed by atoms with E-state index in [-0.39, 0.29) is 0 Å². The molecule has 0 amide bonds. The predicted octanol–water partition coefficient (Wildman–Crippen LogP) is 20.6. The largest absolute Gasteiger partial charge is 0.345 e. The van der Waals surface area contributed by atoms with Gasteiger partial charge in [-0.2, -0.15) is 0 Å². The fourth-order valence-electron chi connectivity index (χ4n) is 11.6. The molecule has 71 heavy (non-hydrogen) atoms. The normalized spacial score (nSPS) is 14.4. The first-order valence-electron chi connectivity index (χ1n) is 26.8. The highest BCUT2D eigenvalue weighted by atomic mass is 15.1. The molecule has 2 aliphatic rings. The number of anilines is 5. The Kier molecular flexibility index (Phi) is 14.8. The van der Waals surface area contributed by atoms with Crippen LogP contribution in [0.5, 0.6) is 0 Å². The number of hydrogen-bond donors (Lipinski definition) is 0. The first-order chi connectivity index (χ1) is 34.8. The van der Waals surface area contributed by atoms with Gasteiger partial charge in [-0.3, -0.25) is 0 Å². The molecule has 358 valence electrons. The summed E-state index contributed by atoms with van der Waals surface area (Å²) < 4.78 is 0. The van der Waals surface area contributed by atoms with Crippen LogP contribution in [0.4, 0.5) is 28.4 Å². The van der Waals surface area contributed by atoms with Crippen LogP contribution in [0.15, 0.2) is 200 Å². The van der Waals surface area contributed by atoms with Gasteiger partial charge in [0, 0.05) is 35.5 Å². The SMILES string of the molecule is CC(C)c1ccc(-c2c3ccccc3c(-c3ccc(C(C)C)cc3)c3cc(N(c4ccccc4)c4ccc(C5CCCCC5)cc4)ccc23)cc1.CN(c1ccccc1)c1ccc(C2CCCCC2)cc1. The van der Waals surface area contributed by atoms with Gasteiger partial charge < -0.3 is 9.80 Å². The predicted molar refractivity (Wildman–Crippen MR) is 308 cm³/mol. The second-order valence-corrected chi connectivity index (χ2v) is 21.0. The van der Waals surface area contributed by atoms with Gasteiger partial charge in [0.05, 0.1) is 0 Å². The minimum absolute atomic E-state index is 0.485. The molecule has 2 saturated carbocycles. The molecule has 0 unspecified atom stereocenters. The maximum Gasteiger partial charge on any atom is 0.0468 e. The van der Waals surface area contributed by atoms with E-state index in [2.05, 4.69) is 245 Å².